The minimum Gasteiger partial charge on any atom is -0.391 e. The molecule has 2 heterocycles. The summed E-state index contributed by atoms with van der Waals surface area (Å²) in [5.41, 5.74) is 0.634. The smallest absolute Gasteiger partial charge is 0.229 e. The summed E-state index contributed by atoms with van der Waals surface area (Å²) in [6, 6.07) is 6.48. The first-order chi connectivity index (χ1) is 13.0. The molecular weight excluding hydrogens is 343 g/mol. The molecule has 1 spiro atoms. The van der Waals surface area contributed by atoms with Crippen LogP contribution in [0, 0.1) is 17.2 Å². The lowest BCUT2D eigenvalue weighted by Crippen LogP contribution is -2.57. The minimum absolute atomic E-state index is 0.219. The number of hydrogen-bond donors (Lipinski definition) is 1. The number of benzene rings is 1. The van der Waals surface area contributed by atoms with E-state index in [1.54, 1.807) is 12.1 Å². The molecule has 4 rings (SSSR count). The number of carbonyl (C=O) groups excluding carboxylic acids is 1. The third-order valence-electron chi connectivity index (χ3n) is 6.33. The second kappa shape index (κ2) is 7.72. The van der Waals surface area contributed by atoms with E-state index in [9.17, 15) is 14.3 Å². The van der Waals surface area contributed by atoms with Gasteiger partial charge in [0, 0.05) is 19.6 Å². The topological polar surface area (TPSA) is 43.8 Å². The van der Waals surface area contributed by atoms with Crippen molar-refractivity contribution in [1.82, 2.24) is 9.80 Å². The zero-order chi connectivity index (χ0) is 18.9. The van der Waals surface area contributed by atoms with Crippen LogP contribution in [0.5, 0.6) is 0 Å². The second-order valence-corrected chi connectivity index (χ2v) is 8.55. The van der Waals surface area contributed by atoms with E-state index < -0.39 is 0 Å². The lowest BCUT2D eigenvalue weighted by atomic mass is 9.71. The molecule has 3 aliphatic rings. The number of carbonyl (C=O) groups is 1. The molecule has 4 nitrogen and oxygen atoms in total. The van der Waals surface area contributed by atoms with Crippen molar-refractivity contribution in [3.05, 3.63) is 41.7 Å². The van der Waals surface area contributed by atoms with Gasteiger partial charge in [-0.15, -0.1) is 0 Å². The van der Waals surface area contributed by atoms with E-state index in [2.05, 4.69) is 11.0 Å². The number of β-amino-alcohol motifs (C(OH)–C–C–N with tert-alkyl or cyclic N) is 1. The van der Waals surface area contributed by atoms with E-state index in [4.69, 9.17) is 0 Å². The maximum absolute atomic E-state index is 13.1. The van der Waals surface area contributed by atoms with Crippen LogP contribution in [0.2, 0.25) is 0 Å². The van der Waals surface area contributed by atoms with Gasteiger partial charge in [0.15, 0.2) is 0 Å². The minimum atomic E-state index is -0.383. The van der Waals surface area contributed by atoms with Gasteiger partial charge in [-0.25, -0.2) is 4.39 Å². The van der Waals surface area contributed by atoms with Gasteiger partial charge < -0.3 is 10.0 Å². The normalized spacial score (nSPS) is 26.2. The van der Waals surface area contributed by atoms with E-state index in [-0.39, 0.29) is 23.2 Å². The van der Waals surface area contributed by atoms with Gasteiger partial charge in [-0.3, -0.25) is 9.69 Å². The van der Waals surface area contributed by atoms with Crippen LogP contribution in [0.15, 0.2) is 30.3 Å². The summed E-state index contributed by atoms with van der Waals surface area (Å²) in [4.78, 5) is 17.4. The van der Waals surface area contributed by atoms with Crippen LogP contribution in [0.1, 0.15) is 37.7 Å². The van der Waals surface area contributed by atoms with E-state index >= 15 is 0 Å². The van der Waals surface area contributed by atoms with E-state index in [1.165, 1.54) is 25.0 Å². The monoisotopic (exact) mass is 372 g/mol. The molecule has 2 aliphatic heterocycles. The van der Waals surface area contributed by atoms with Crippen molar-refractivity contribution in [2.45, 2.75) is 38.2 Å². The Kier molecular flexibility index (Phi) is 5.33. The Morgan fingerprint density at radius 3 is 2.56 bits per heavy atom. The van der Waals surface area contributed by atoms with Gasteiger partial charge in [-0.05, 0) is 68.8 Å². The molecule has 1 unspecified atom stereocenters. The first-order valence-corrected chi connectivity index (χ1v) is 10.2. The number of aliphatic hydroxyl groups excluding tert-OH is 1. The van der Waals surface area contributed by atoms with Gasteiger partial charge in [0.05, 0.1) is 11.5 Å². The molecular formula is C22H29FN2O2. The third-order valence-corrected chi connectivity index (χ3v) is 6.33. The van der Waals surface area contributed by atoms with E-state index in [0.29, 0.717) is 18.9 Å². The molecule has 0 aromatic heterocycles. The predicted molar refractivity (Wildman–Crippen MR) is 103 cm³/mol. The molecule has 1 saturated carbocycles. The van der Waals surface area contributed by atoms with Crippen LogP contribution >= 0.6 is 0 Å². The predicted octanol–water partition coefficient (Wildman–Crippen LogP) is 2.92. The maximum atomic E-state index is 13.1. The fourth-order valence-electron chi connectivity index (χ4n) is 4.54. The Morgan fingerprint density at radius 1 is 1.19 bits per heavy atom. The number of rotatable bonds is 5. The van der Waals surface area contributed by atoms with Gasteiger partial charge in [-0.2, -0.15) is 0 Å². The molecule has 27 heavy (non-hydrogen) atoms. The molecule has 1 N–H and O–H groups in total. The van der Waals surface area contributed by atoms with Crippen molar-refractivity contribution in [2.75, 3.05) is 32.7 Å². The van der Waals surface area contributed by atoms with Gasteiger partial charge in [0.25, 0.3) is 0 Å². The number of nitrogens with zero attached hydrogens (tertiary/aromatic N) is 2. The summed E-state index contributed by atoms with van der Waals surface area (Å²) in [6.45, 7) is 3.94. The number of aliphatic hydroxyl groups is 1. The lowest BCUT2D eigenvalue weighted by molar-refractivity contribution is -0.156. The van der Waals surface area contributed by atoms with E-state index in [0.717, 1.165) is 44.6 Å². The fraction of sp³-hybridized carbons (Fsp3) is 0.591. The van der Waals surface area contributed by atoms with Crippen LogP contribution in [0.4, 0.5) is 4.39 Å². The van der Waals surface area contributed by atoms with Crippen molar-refractivity contribution >= 4 is 12.0 Å². The summed E-state index contributed by atoms with van der Waals surface area (Å²) in [5, 5.41) is 10.4. The molecule has 0 bridgehead atoms. The van der Waals surface area contributed by atoms with E-state index in [1.807, 2.05) is 11.0 Å². The highest BCUT2D eigenvalue weighted by atomic mass is 19.1. The molecule has 146 valence electrons. The van der Waals surface area contributed by atoms with Crippen molar-refractivity contribution < 1.29 is 14.3 Å². The average molecular weight is 372 g/mol. The Balaban J connectivity index is 1.31. The Hall–Kier alpha value is -1.72. The van der Waals surface area contributed by atoms with Gasteiger partial charge in [0.1, 0.15) is 5.82 Å². The van der Waals surface area contributed by atoms with Crippen molar-refractivity contribution in [3.63, 3.8) is 0 Å². The van der Waals surface area contributed by atoms with Crippen LogP contribution in [0.3, 0.4) is 0 Å². The highest BCUT2D eigenvalue weighted by Crippen LogP contribution is 2.42. The summed E-state index contributed by atoms with van der Waals surface area (Å²) < 4.78 is 13.0. The van der Waals surface area contributed by atoms with Gasteiger partial charge >= 0.3 is 0 Å². The van der Waals surface area contributed by atoms with Crippen LogP contribution in [-0.2, 0) is 4.79 Å². The van der Waals surface area contributed by atoms with Gasteiger partial charge in [-0.1, -0.05) is 24.3 Å². The number of amides is 1. The van der Waals surface area contributed by atoms with Crippen molar-refractivity contribution in [3.8, 4) is 0 Å². The second-order valence-electron chi connectivity index (χ2n) is 8.55. The quantitative estimate of drug-likeness (QED) is 0.864. The van der Waals surface area contributed by atoms with Gasteiger partial charge in [0.2, 0.25) is 5.91 Å². The lowest BCUT2D eigenvalue weighted by Gasteiger charge is -2.48. The third kappa shape index (κ3) is 4.41. The Bertz CT molecular complexity index is 689. The van der Waals surface area contributed by atoms with Crippen LogP contribution in [-0.4, -0.2) is 59.6 Å². The van der Waals surface area contributed by atoms with Crippen molar-refractivity contribution in [1.29, 1.82) is 0 Å². The zero-order valence-electron chi connectivity index (χ0n) is 15.8. The highest BCUT2D eigenvalue weighted by Gasteiger charge is 2.48. The molecule has 2 saturated heterocycles. The molecule has 3 fully saturated rings. The molecule has 1 atom stereocenters. The maximum Gasteiger partial charge on any atom is 0.229 e. The largest absolute Gasteiger partial charge is 0.391 e. The molecule has 1 aliphatic carbocycles. The number of piperidine rings is 2. The SMILES string of the molecule is O=C1N(CC2CC2)CC(O)CC12CCN(C/C=C/c1ccc(F)cc1)CC2. The average Bonchev–Trinajstić information content (AvgIpc) is 3.47. The molecule has 1 aromatic carbocycles. The standard InChI is InChI=1S/C22H29FN2O2/c23-19-7-5-17(6-8-19)2-1-11-24-12-9-22(10-13-24)14-20(26)16-25(21(22)27)15-18-3-4-18/h1-2,5-8,18,20,26H,3-4,9-16H2/b2-1+. The molecule has 1 aromatic rings. The number of hydrogen-bond acceptors (Lipinski definition) is 3. The Labute approximate surface area is 160 Å². The van der Waals surface area contributed by atoms with Crippen molar-refractivity contribution in [2.24, 2.45) is 11.3 Å². The summed E-state index contributed by atoms with van der Waals surface area (Å²) in [7, 11) is 0. The molecule has 5 heteroatoms. The summed E-state index contributed by atoms with van der Waals surface area (Å²) in [5.74, 6) is 0.720. The van der Waals surface area contributed by atoms with Crippen LogP contribution in [0.25, 0.3) is 6.08 Å². The first-order valence-electron chi connectivity index (χ1n) is 10.2. The summed E-state index contributed by atoms with van der Waals surface area (Å²) in [6.07, 6.45) is 8.45. The molecule has 1 amide bonds. The molecule has 0 radical (unpaired) electrons. The number of likely N-dealkylation sites (tertiary alicyclic amines) is 2. The summed E-state index contributed by atoms with van der Waals surface area (Å²) >= 11 is 0. The first kappa shape index (κ1) is 18.6. The Morgan fingerprint density at radius 2 is 1.89 bits per heavy atom. The zero-order valence-corrected chi connectivity index (χ0v) is 15.8. The number of halogens is 1. The highest BCUT2D eigenvalue weighted by molar-refractivity contribution is 5.84. The fourth-order valence-corrected chi connectivity index (χ4v) is 4.54. The van der Waals surface area contributed by atoms with Crippen LogP contribution < -0.4 is 0 Å².